The molecule has 0 saturated carbocycles. The topological polar surface area (TPSA) is 84.5 Å². The maximum absolute atomic E-state index is 12.6. The molecule has 0 saturated heterocycles. The van der Waals surface area contributed by atoms with Gasteiger partial charge in [-0.05, 0) is 49.7 Å². The minimum Gasteiger partial charge on any atom is -0.495 e. The molecule has 0 bridgehead atoms. The first kappa shape index (κ1) is 22.5. The van der Waals surface area contributed by atoms with Crippen molar-refractivity contribution in [3.8, 4) is 5.75 Å². The van der Waals surface area contributed by atoms with Crippen LogP contribution in [0.3, 0.4) is 0 Å². The smallest absolute Gasteiger partial charge is 0.257 e. The van der Waals surface area contributed by atoms with Gasteiger partial charge in [0.05, 0.1) is 28.3 Å². The Hall–Kier alpha value is -1.80. The van der Waals surface area contributed by atoms with Crippen molar-refractivity contribution in [3.63, 3.8) is 0 Å². The lowest BCUT2D eigenvalue weighted by Crippen LogP contribution is -2.32. The second-order valence-electron chi connectivity index (χ2n) is 6.25. The highest BCUT2D eigenvalue weighted by Crippen LogP contribution is 2.29. The van der Waals surface area contributed by atoms with E-state index in [0.29, 0.717) is 17.2 Å². The summed E-state index contributed by atoms with van der Waals surface area (Å²) in [4.78, 5) is 12.6. The highest BCUT2D eigenvalue weighted by Gasteiger charge is 2.20. The maximum atomic E-state index is 12.6. The van der Waals surface area contributed by atoms with E-state index in [2.05, 4.69) is 10.0 Å². The zero-order valence-corrected chi connectivity index (χ0v) is 18.1. The van der Waals surface area contributed by atoms with Crippen LogP contribution < -0.4 is 14.8 Å². The van der Waals surface area contributed by atoms with Crippen molar-refractivity contribution >= 4 is 44.8 Å². The highest BCUT2D eigenvalue weighted by molar-refractivity contribution is 7.89. The van der Waals surface area contributed by atoms with Crippen molar-refractivity contribution in [3.05, 3.63) is 52.0 Å². The molecule has 152 valence electrons. The molecule has 0 aliphatic heterocycles. The van der Waals surface area contributed by atoms with Crippen molar-refractivity contribution in [2.75, 3.05) is 12.4 Å². The maximum Gasteiger partial charge on any atom is 0.257 e. The second-order valence-corrected chi connectivity index (χ2v) is 8.81. The molecule has 0 heterocycles. The van der Waals surface area contributed by atoms with E-state index in [4.69, 9.17) is 27.9 Å². The number of carbonyl (C=O) groups is 1. The van der Waals surface area contributed by atoms with E-state index >= 15 is 0 Å². The number of hydrogen-bond acceptors (Lipinski definition) is 4. The van der Waals surface area contributed by atoms with E-state index in [9.17, 15) is 13.2 Å². The standard InChI is InChI=1S/C19H22Cl2N2O4S/c1-4-5-12(2)23-28(25,26)14-7-9-18(27-3)17(11-14)22-19(24)15-8-6-13(20)10-16(15)21/h6-12,23H,4-5H2,1-3H3,(H,22,24)/t12-/m0/s1. The van der Waals surface area contributed by atoms with Gasteiger partial charge in [-0.1, -0.05) is 36.5 Å². The largest absolute Gasteiger partial charge is 0.495 e. The molecule has 0 spiro atoms. The molecule has 9 heteroatoms. The predicted molar refractivity (Wildman–Crippen MR) is 112 cm³/mol. The van der Waals surface area contributed by atoms with Gasteiger partial charge in [0, 0.05) is 11.1 Å². The average molecular weight is 445 g/mol. The number of benzene rings is 2. The number of amides is 1. The average Bonchev–Trinajstić information content (AvgIpc) is 2.61. The minimum absolute atomic E-state index is 0.0220. The Labute approximate surface area is 175 Å². The van der Waals surface area contributed by atoms with Gasteiger partial charge in [-0.15, -0.1) is 0 Å². The van der Waals surface area contributed by atoms with Crippen LogP contribution in [-0.4, -0.2) is 27.5 Å². The van der Waals surface area contributed by atoms with E-state index in [1.54, 1.807) is 13.0 Å². The molecule has 0 radical (unpaired) electrons. The van der Waals surface area contributed by atoms with Gasteiger partial charge >= 0.3 is 0 Å². The zero-order chi connectivity index (χ0) is 20.9. The van der Waals surface area contributed by atoms with Gasteiger partial charge in [-0.25, -0.2) is 13.1 Å². The van der Waals surface area contributed by atoms with Crippen LogP contribution in [0.2, 0.25) is 10.0 Å². The fraction of sp³-hybridized carbons (Fsp3) is 0.316. The van der Waals surface area contributed by atoms with Crippen molar-refractivity contribution in [2.45, 2.75) is 37.6 Å². The van der Waals surface area contributed by atoms with Crippen molar-refractivity contribution in [1.82, 2.24) is 4.72 Å². The molecular formula is C19H22Cl2N2O4S. The normalized spacial score (nSPS) is 12.5. The molecule has 2 aromatic carbocycles. The SMILES string of the molecule is CCC[C@H](C)NS(=O)(=O)c1ccc(OC)c(NC(=O)c2ccc(Cl)cc2Cl)c1. The Morgan fingerprint density at radius 1 is 1.18 bits per heavy atom. The summed E-state index contributed by atoms with van der Waals surface area (Å²) in [6, 6.07) is 8.53. The fourth-order valence-electron chi connectivity index (χ4n) is 2.64. The summed E-state index contributed by atoms with van der Waals surface area (Å²) < 4.78 is 33.1. The first-order chi connectivity index (χ1) is 13.2. The Morgan fingerprint density at radius 3 is 2.50 bits per heavy atom. The molecule has 0 unspecified atom stereocenters. The van der Waals surface area contributed by atoms with Gasteiger partial charge in [0.25, 0.3) is 5.91 Å². The number of nitrogens with one attached hydrogen (secondary N) is 2. The summed E-state index contributed by atoms with van der Waals surface area (Å²) in [6.07, 6.45) is 1.57. The van der Waals surface area contributed by atoms with E-state index < -0.39 is 15.9 Å². The number of anilines is 1. The zero-order valence-electron chi connectivity index (χ0n) is 15.8. The lowest BCUT2D eigenvalue weighted by Gasteiger charge is -2.16. The van der Waals surface area contributed by atoms with Crippen LogP contribution in [0.5, 0.6) is 5.75 Å². The number of ether oxygens (including phenoxy) is 1. The van der Waals surface area contributed by atoms with Crippen LogP contribution >= 0.6 is 23.2 Å². The summed E-state index contributed by atoms with van der Waals surface area (Å²) in [6.45, 7) is 3.78. The fourth-order valence-corrected chi connectivity index (χ4v) is 4.44. The third-order valence-corrected chi connectivity index (χ3v) is 6.12. The Bertz CT molecular complexity index is 964. The first-order valence-electron chi connectivity index (χ1n) is 8.64. The molecule has 2 N–H and O–H groups in total. The van der Waals surface area contributed by atoms with Gasteiger partial charge in [-0.2, -0.15) is 0 Å². The summed E-state index contributed by atoms with van der Waals surface area (Å²) in [5, 5.41) is 3.23. The van der Waals surface area contributed by atoms with Crippen LogP contribution in [0.15, 0.2) is 41.3 Å². The van der Waals surface area contributed by atoms with Gasteiger partial charge in [0.1, 0.15) is 5.75 Å². The Kier molecular flexibility index (Phi) is 7.71. The molecule has 0 fully saturated rings. The monoisotopic (exact) mass is 444 g/mol. The van der Waals surface area contributed by atoms with Gasteiger partial charge in [-0.3, -0.25) is 4.79 Å². The third kappa shape index (κ3) is 5.61. The van der Waals surface area contributed by atoms with Gasteiger partial charge in [0.15, 0.2) is 0 Å². The number of methoxy groups -OCH3 is 1. The van der Waals surface area contributed by atoms with E-state index in [1.165, 1.54) is 37.4 Å². The van der Waals surface area contributed by atoms with Crippen LogP contribution in [0, 0.1) is 0 Å². The van der Waals surface area contributed by atoms with Crippen LogP contribution in [0.1, 0.15) is 37.0 Å². The second kappa shape index (κ2) is 9.60. The van der Waals surface area contributed by atoms with Gasteiger partial charge < -0.3 is 10.1 Å². The third-order valence-electron chi connectivity index (χ3n) is 3.98. The van der Waals surface area contributed by atoms with Crippen molar-refractivity contribution < 1.29 is 17.9 Å². The molecule has 0 aromatic heterocycles. The molecular weight excluding hydrogens is 423 g/mol. The Balaban J connectivity index is 2.33. The van der Waals surface area contributed by atoms with E-state index in [1.807, 2.05) is 6.92 Å². The molecule has 1 amide bonds. The summed E-state index contributed by atoms with van der Waals surface area (Å²) in [5.41, 5.74) is 0.417. The highest BCUT2D eigenvalue weighted by atomic mass is 35.5. The lowest BCUT2D eigenvalue weighted by atomic mass is 10.2. The summed E-state index contributed by atoms with van der Waals surface area (Å²) in [7, 11) is -2.32. The number of halogens is 2. The molecule has 2 rings (SSSR count). The van der Waals surface area contributed by atoms with Crippen LogP contribution in [0.25, 0.3) is 0 Å². The molecule has 2 aromatic rings. The van der Waals surface area contributed by atoms with Crippen LogP contribution in [0.4, 0.5) is 5.69 Å². The number of rotatable bonds is 8. The lowest BCUT2D eigenvalue weighted by molar-refractivity contribution is 0.102. The minimum atomic E-state index is -3.74. The molecule has 0 aliphatic rings. The molecule has 28 heavy (non-hydrogen) atoms. The van der Waals surface area contributed by atoms with Crippen molar-refractivity contribution in [2.24, 2.45) is 0 Å². The van der Waals surface area contributed by atoms with Crippen LogP contribution in [-0.2, 0) is 10.0 Å². The quantitative estimate of drug-likeness (QED) is 0.616. The number of carbonyl (C=O) groups excluding carboxylic acids is 1. The molecule has 0 aliphatic carbocycles. The molecule has 6 nitrogen and oxygen atoms in total. The van der Waals surface area contributed by atoms with Crippen molar-refractivity contribution in [1.29, 1.82) is 0 Å². The van der Waals surface area contributed by atoms with E-state index in [-0.39, 0.29) is 27.2 Å². The predicted octanol–water partition coefficient (Wildman–Crippen LogP) is 4.72. The van der Waals surface area contributed by atoms with E-state index in [0.717, 1.165) is 6.42 Å². The Morgan fingerprint density at radius 2 is 1.89 bits per heavy atom. The number of sulfonamides is 1. The number of hydrogen-bond donors (Lipinski definition) is 2. The first-order valence-corrected chi connectivity index (χ1v) is 10.9. The molecule has 1 atom stereocenters. The van der Waals surface area contributed by atoms with Gasteiger partial charge in [0.2, 0.25) is 10.0 Å². The summed E-state index contributed by atoms with van der Waals surface area (Å²) >= 11 is 11.9. The summed E-state index contributed by atoms with van der Waals surface area (Å²) in [5.74, 6) is -0.194.